The van der Waals surface area contributed by atoms with Crippen molar-refractivity contribution in [2.24, 2.45) is 11.8 Å². The van der Waals surface area contributed by atoms with Gasteiger partial charge in [0.05, 0.1) is 18.4 Å². The van der Waals surface area contributed by atoms with Crippen molar-refractivity contribution in [1.29, 1.82) is 0 Å². The fourth-order valence-electron chi connectivity index (χ4n) is 3.24. The van der Waals surface area contributed by atoms with Crippen LogP contribution in [0.5, 0.6) is 0 Å². The van der Waals surface area contributed by atoms with Crippen LogP contribution in [0.1, 0.15) is 22.5 Å². The highest BCUT2D eigenvalue weighted by atomic mass is 16.5. The molecule has 0 bridgehead atoms. The van der Waals surface area contributed by atoms with Crippen LogP contribution in [0.2, 0.25) is 0 Å². The van der Waals surface area contributed by atoms with E-state index in [0.717, 1.165) is 43.7 Å². The summed E-state index contributed by atoms with van der Waals surface area (Å²) in [5.41, 5.74) is 1.53. The highest BCUT2D eigenvalue weighted by molar-refractivity contribution is 5.88. The van der Waals surface area contributed by atoms with E-state index in [1.165, 1.54) is 20.1 Å². The minimum atomic E-state index is -0.332. The number of hydrogen-bond donors (Lipinski definition) is 1. The molecule has 5 nitrogen and oxygen atoms in total. The van der Waals surface area contributed by atoms with Gasteiger partial charge in [-0.1, -0.05) is 0 Å². The highest BCUT2D eigenvalue weighted by Crippen LogP contribution is 2.27. The molecule has 0 saturated carbocycles. The number of aromatic nitrogens is 1. The van der Waals surface area contributed by atoms with Gasteiger partial charge in [0.15, 0.2) is 0 Å². The zero-order chi connectivity index (χ0) is 13.9. The van der Waals surface area contributed by atoms with Crippen LogP contribution < -0.4 is 5.32 Å². The quantitative estimate of drug-likeness (QED) is 0.831. The molecule has 1 N–H and O–H groups in total. The van der Waals surface area contributed by atoms with Gasteiger partial charge in [0.1, 0.15) is 0 Å². The van der Waals surface area contributed by atoms with Crippen LogP contribution in [0.4, 0.5) is 0 Å². The lowest BCUT2D eigenvalue weighted by Gasteiger charge is -2.34. The van der Waals surface area contributed by atoms with Crippen LogP contribution in [0.3, 0.4) is 0 Å². The van der Waals surface area contributed by atoms with E-state index in [0.29, 0.717) is 5.56 Å². The van der Waals surface area contributed by atoms with Gasteiger partial charge in [0, 0.05) is 19.3 Å². The molecule has 1 aromatic rings. The predicted molar refractivity (Wildman–Crippen MR) is 75.3 cm³/mol. The normalized spacial score (nSPS) is 26.2. The van der Waals surface area contributed by atoms with E-state index in [1.807, 2.05) is 6.07 Å². The van der Waals surface area contributed by atoms with Crippen LogP contribution in [-0.4, -0.2) is 49.1 Å². The van der Waals surface area contributed by atoms with Crippen LogP contribution in [0.15, 0.2) is 18.3 Å². The fraction of sp³-hybridized carbons (Fsp3) is 0.600. The van der Waals surface area contributed by atoms with Crippen molar-refractivity contribution in [3.8, 4) is 0 Å². The van der Waals surface area contributed by atoms with Gasteiger partial charge in [-0.15, -0.1) is 0 Å². The SMILES string of the molecule is COC(=O)c1ccc(CN2CCC3CNCC3C2)nc1. The van der Waals surface area contributed by atoms with Crippen molar-refractivity contribution in [3.63, 3.8) is 0 Å². The first-order chi connectivity index (χ1) is 9.76. The maximum atomic E-state index is 11.4. The second-order valence-electron chi connectivity index (χ2n) is 5.73. The van der Waals surface area contributed by atoms with Gasteiger partial charge in [-0.05, 0) is 50.0 Å². The summed E-state index contributed by atoms with van der Waals surface area (Å²) in [7, 11) is 1.38. The molecular weight excluding hydrogens is 254 g/mol. The fourth-order valence-corrected chi connectivity index (χ4v) is 3.24. The zero-order valence-electron chi connectivity index (χ0n) is 11.8. The van der Waals surface area contributed by atoms with Crippen LogP contribution in [-0.2, 0) is 11.3 Å². The summed E-state index contributed by atoms with van der Waals surface area (Å²) in [4.78, 5) is 18.2. The molecule has 2 aliphatic rings. The molecule has 3 heterocycles. The van der Waals surface area contributed by atoms with Crippen LogP contribution >= 0.6 is 0 Å². The van der Waals surface area contributed by atoms with Gasteiger partial charge in [-0.25, -0.2) is 4.79 Å². The Morgan fingerprint density at radius 1 is 1.45 bits per heavy atom. The Balaban J connectivity index is 1.59. The number of piperidine rings is 1. The van der Waals surface area contributed by atoms with Gasteiger partial charge in [0.2, 0.25) is 0 Å². The van der Waals surface area contributed by atoms with E-state index in [-0.39, 0.29) is 5.97 Å². The summed E-state index contributed by atoms with van der Waals surface area (Å²) in [5, 5.41) is 3.48. The Morgan fingerprint density at radius 2 is 2.30 bits per heavy atom. The Hall–Kier alpha value is -1.46. The molecule has 108 valence electrons. The number of hydrogen-bond acceptors (Lipinski definition) is 5. The summed E-state index contributed by atoms with van der Waals surface area (Å²) < 4.78 is 4.68. The molecule has 0 aliphatic carbocycles. The third-order valence-electron chi connectivity index (χ3n) is 4.42. The van der Waals surface area contributed by atoms with E-state index in [9.17, 15) is 4.79 Å². The molecule has 2 atom stereocenters. The lowest BCUT2D eigenvalue weighted by molar-refractivity contribution is 0.0600. The average molecular weight is 275 g/mol. The lowest BCUT2D eigenvalue weighted by atomic mass is 9.88. The van der Waals surface area contributed by atoms with Crippen molar-refractivity contribution in [2.75, 3.05) is 33.3 Å². The Morgan fingerprint density at radius 3 is 3.05 bits per heavy atom. The van der Waals surface area contributed by atoms with Crippen molar-refractivity contribution < 1.29 is 9.53 Å². The highest BCUT2D eigenvalue weighted by Gasteiger charge is 2.32. The maximum absolute atomic E-state index is 11.4. The first-order valence-electron chi connectivity index (χ1n) is 7.22. The minimum absolute atomic E-state index is 0.332. The molecule has 5 heteroatoms. The van der Waals surface area contributed by atoms with E-state index in [4.69, 9.17) is 0 Å². The summed E-state index contributed by atoms with van der Waals surface area (Å²) in [6.07, 6.45) is 2.88. The summed E-state index contributed by atoms with van der Waals surface area (Å²) in [6, 6.07) is 3.71. The molecule has 0 radical (unpaired) electrons. The molecule has 2 aliphatic heterocycles. The minimum Gasteiger partial charge on any atom is -0.465 e. The number of nitrogens with one attached hydrogen (secondary N) is 1. The van der Waals surface area contributed by atoms with Crippen molar-refractivity contribution in [3.05, 3.63) is 29.6 Å². The first kappa shape index (κ1) is 13.5. The van der Waals surface area contributed by atoms with Crippen molar-refractivity contribution >= 4 is 5.97 Å². The lowest BCUT2D eigenvalue weighted by Crippen LogP contribution is -2.39. The number of nitrogens with zero attached hydrogens (tertiary/aromatic N) is 2. The van der Waals surface area contributed by atoms with Gasteiger partial charge < -0.3 is 10.1 Å². The number of fused-ring (bicyclic) bond motifs is 1. The average Bonchev–Trinajstić information content (AvgIpc) is 2.95. The Kier molecular flexibility index (Phi) is 3.98. The standard InChI is InChI=1S/C15H21N3O2/c1-20-15(19)12-2-3-14(17-8-12)10-18-5-4-11-6-16-7-13(11)9-18/h2-3,8,11,13,16H,4-7,9-10H2,1H3. The van der Waals surface area contributed by atoms with Crippen LogP contribution in [0, 0.1) is 11.8 Å². The number of carbonyl (C=O) groups excluding carboxylic acids is 1. The van der Waals surface area contributed by atoms with Gasteiger partial charge in [-0.2, -0.15) is 0 Å². The van der Waals surface area contributed by atoms with Gasteiger partial charge in [-0.3, -0.25) is 9.88 Å². The third kappa shape index (κ3) is 2.83. The second kappa shape index (κ2) is 5.89. The number of likely N-dealkylation sites (tertiary alicyclic amines) is 1. The van der Waals surface area contributed by atoms with E-state index in [2.05, 4.69) is 19.9 Å². The van der Waals surface area contributed by atoms with Crippen molar-refractivity contribution in [1.82, 2.24) is 15.2 Å². The molecule has 3 rings (SSSR count). The Bertz CT molecular complexity index is 475. The molecule has 2 unspecified atom stereocenters. The Labute approximate surface area is 119 Å². The van der Waals surface area contributed by atoms with Crippen LogP contribution in [0.25, 0.3) is 0 Å². The monoisotopic (exact) mass is 275 g/mol. The van der Waals surface area contributed by atoms with Crippen molar-refractivity contribution in [2.45, 2.75) is 13.0 Å². The number of carbonyl (C=O) groups is 1. The number of pyridine rings is 1. The molecular formula is C15H21N3O2. The molecule has 2 fully saturated rings. The molecule has 20 heavy (non-hydrogen) atoms. The number of esters is 1. The maximum Gasteiger partial charge on any atom is 0.339 e. The van der Waals surface area contributed by atoms with E-state index in [1.54, 1.807) is 12.3 Å². The summed E-state index contributed by atoms with van der Waals surface area (Å²) in [5.74, 6) is 1.32. The zero-order valence-corrected chi connectivity index (χ0v) is 11.8. The number of ether oxygens (including phenoxy) is 1. The smallest absolute Gasteiger partial charge is 0.339 e. The third-order valence-corrected chi connectivity index (χ3v) is 4.42. The number of methoxy groups -OCH3 is 1. The molecule has 2 saturated heterocycles. The summed E-state index contributed by atoms with van der Waals surface area (Å²) in [6.45, 7) is 5.49. The van der Waals surface area contributed by atoms with Gasteiger partial charge in [0.25, 0.3) is 0 Å². The summed E-state index contributed by atoms with van der Waals surface area (Å²) >= 11 is 0. The largest absolute Gasteiger partial charge is 0.465 e. The molecule has 0 spiro atoms. The predicted octanol–water partition coefficient (Wildman–Crippen LogP) is 0.909. The van der Waals surface area contributed by atoms with Gasteiger partial charge >= 0.3 is 5.97 Å². The topological polar surface area (TPSA) is 54.5 Å². The molecule has 1 aromatic heterocycles. The molecule has 0 amide bonds. The second-order valence-corrected chi connectivity index (χ2v) is 5.73. The first-order valence-corrected chi connectivity index (χ1v) is 7.22. The van der Waals surface area contributed by atoms with E-state index >= 15 is 0 Å². The number of rotatable bonds is 3. The molecule has 0 aromatic carbocycles. The van der Waals surface area contributed by atoms with E-state index < -0.39 is 0 Å².